The fraction of sp³-hybridized carbons (Fsp3) is 0.500. The lowest BCUT2D eigenvalue weighted by molar-refractivity contribution is -0.144. The van der Waals surface area contributed by atoms with Crippen LogP contribution in [0.15, 0.2) is 48.1 Å². The van der Waals surface area contributed by atoms with Gasteiger partial charge in [0, 0.05) is 17.9 Å². The largest absolute Gasteiger partial charge is 0.466 e. The van der Waals surface area contributed by atoms with Crippen LogP contribution in [0.4, 0.5) is 0 Å². The van der Waals surface area contributed by atoms with Gasteiger partial charge in [0.1, 0.15) is 0 Å². The van der Waals surface area contributed by atoms with Crippen molar-refractivity contribution in [2.24, 2.45) is 5.92 Å². The van der Waals surface area contributed by atoms with E-state index >= 15 is 0 Å². The number of allylic oxidation sites excluding steroid dienone is 4. The van der Waals surface area contributed by atoms with Crippen LogP contribution in [0.5, 0.6) is 0 Å². The highest BCUT2D eigenvalue weighted by Gasteiger charge is 2.22. The van der Waals surface area contributed by atoms with Crippen molar-refractivity contribution < 1.29 is 14.3 Å². The maximum Gasteiger partial charge on any atom is 0.306 e. The van der Waals surface area contributed by atoms with E-state index in [1.54, 1.807) is 0 Å². The third kappa shape index (κ3) is 8.85. The Balaban J connectivity index is 2.86. The highest BCUT2D eigenvalue weighted by atomic mass is 16.5. The van der Waals surface area contributed by atoms with E-state index in [0.717, 1.165) is 36.8 Å². The lowest BCUT2D eigenvalue weighted by atomic mass is 9.87. The summed E-state index contributed by atoms with van der Waals surface area (Å²) in [6, 6.07) is 7.60. The van der Waals surface area contributed by atoms with Gasteiger partial charge in [-0.3, -0.25) is 9.59 Å². The Morgan fingerprint density at radius 1 is 1.07 bits per heavy atom. The molecule has 148 valence electrons. The molecule has 0 fully saturated rings. The lowest BCUT2D eigenvalue weighted by Crippen LogP contribution is -2.17. The number of Topliss-reactive ketones (excluding diaryl/α,β-unsaturated/α-hetero) is 1. The van der Waals surface area contributed by atoms with E-state index in [0.29, 0.717) is 18.6 Å². The number of hydrogen-bond acceptors (Lipinski definition) is 3. The molecule has 1 aromatic carbocycles. The van der Waals surface area contributed by atoms with Crippen LogP contribution < -0.4 is 0 Å². The van der Waals surface area contributed by atoms with E-state index in [-0.39, 0.29) is 24.1 Å². The number of benzene rings is 1. The van der Waals surface area contributed by atoms with Gasteiger partial charge in [-0.1, -0.05) is 74.7 Å². The van der Waals surface area contributed by atoms with Crippen molar-refractivity contribution in [2.45, 2.75) is 66.2 Å². The molecular formula is C24H34O3. The van der Waals surface area contributed by atoms with Crippen molar-refractivity contribution in [2.75, 3.05) is 6.61 Å². The quantitative estimate of drug-likeness (QED) is 0.190. The summed E-state index contributed by atoms with van der Waals surface area (Å²) in [6.07, 6.45) is 10.5. The van der Waals surface area contributed by atoms with Crippen LogP contribution in [0.1, 0.15) is 75.2 Å². The van der Waals surface area contributed by atoms with Crippen molar-refractivity contribution in [3.8, 4) is 0 Å². The minimum atomic E-state index is -0.223. The normalized spacial score (nSPS) is 13.0. The Labute approximate surface area is 164 Å². The Morgan fingerprint density at radius 3 is 2.37 bits per heavy atom. The molecule has 0 aliphatic rings. The average molecular weight is 371 g/mol. The zero-order chi connectivity index (χ0) is 20.1. The molecule has 3 heteroatoms. The molecule has 0 saturated carbocycles. The molecule has 1 rings (SSSR count). The van der Waals surface area contributed by atoms with Gasteiger partial charge >= 0.3 is 5.97 Å². The molecular weight excluding hydrogens is 336 g/mol. The highest BCUT2D eigenvalue weighted by Crippen LogP contribution is 2.24. The number of ether oxygens (including phenoxy) is 1. The zero-order valence-corrected chi connectivity index (χ0v) is 17.3. The van der Waals surface area contributed by atoms with Crippen LogP contribution in [0, 0.1) is 12.8 Å². The summed E-state index contributed by atoms with van der Waals surface area (Å²) in [5.74, 6) is -0.321. The first kappa shape index (κ1) is 22.9. The van der Waals surface area contributed by atoms with Gasteiger partial charge in [-0.05, 0) is 32.3 Å². The monoisotopic (exact) mass is 370 g/mol. The van der Waals surface area contributed by atoms with Crippen molar-refractivity contribution in [3.63, 3.8) is 0 Å². The van der Waals surface area contributed by atoms with Gasteiger partial charge in [0.15, 0.2) is 5.78 Å². The first-order valence-electron chi connectivity index (χ1n) is 10.1. The van der Waals surface area contributed by atoms with Crippen LogP contribution in [-0.4, -0.2) is 18.4 Å². The second-order valence-corrected chi connectivity index (χ2v) is 6.93. The number of aryl methyl sites for hydroxylation is 1. The number of carbonyl (C=O) groups is 2. The average Bonchev–Trinajstić information content (AvgIpc) is 2.65. The Hall–Kier alpha value is -2.16. The van der Waals surface area contributed by atoms with Gasteiger partial charge in [0.2, 0.25) is 0 Å². The summed E-state index contributed by atoms with van der Waals surface area (Å²) in [6.45, 7) is 8.59. The zero-order valence-electron chi connectivity index (χ0n) is 17.3. The number of hydrogen-bond donors (Lipinski definition) is 0. The minimum Gasteiger partial charge on any atom is -0.466 e. The van der Waals surface area contributed by atoms with Crippen LogP contribution in [0.25, 0.3) is 0 Å². The molecule has 0 amide bonds. The number of carbonyl (C=O) groups excluding carboxylic acids is 2. The van der Waals surface area contributed by atoms with E-state index in [9.17, 15) is 9.59 Å². The summed E-state index contributed by atoms with van der Waals surface area (Å²) < 4.78 is 5.38. The molecule has 0 saturated heterocycles. The van der Waals surface area contributed by atoms with Gasteiger partial charge in [0.25, 0.3) is 0 Å². The second-order valence-electron chi connectivity index (χ2n) is 6.93. The minimum absolute atomic E-state index is 0.0605. The molecule has 0 aliphatic heterocycles. The van der Waals surface area contributed by atoms with Gasteiger partial charge in [-0.25, -0.2) is 0 Å². The molecule has 0 N–H and O–H groups in total. The van der Waals surface area contributed by atoms with Gasteiger partial charge in [-0.15, -0.1) is 0 Å². The molecule has 0 heterocycles. The maximum atomic E-state index is 12.8. The topological polar surface area (TPSA) is 43.4 Å². The molecule has 3 nitrogen and oxygen atoms in total. The second kappa shape index (κ2) is 13.1. The lowest BCUT2D eigenvalue weighted by Gasteiger charge is -2.18. The third-order valence-corrected chi connectivity index (χ3v) is 4.50. The Bertz CT molecular complexity index is 638. The maximum absolute atomic E-state index is 12.8. The standard InChI is InChI=1S/C24H34O3/c1-5-8-9-16-27-24(26)18-22(20(10-6-2)11-7-3)17-23(25)21-14-12-19(4)13-15-21/h6,10-15,22H,5,7-9,16-18H2,1-4H3. The molecule has 27 heavy (non-hydrogen) atoms. The van der Waals surface area contributed by atoms with E-state index < -0.39 is 0 Å². The number of esters is 1. The van der Waals surface area contributed by atoms with Gasteiger partial charge < -0.3 is 4.74 Å². The number of unbranched alkanes of at least 4 members (excludes halogenated alkanes) is 2. The van der Waals surface area contributed by atoms with Crippen LogP contribution in [-0.2, 0) is 9.53 Å². The summed E-state index contributed by atoms with van der Waals surface area (Å²) in [4.78, 5) is 25.1. The van der Waals surface area contributed by atoms with E-state index in [1.165, 1.54) is 0 Å². The van der Waals surface area contributed by atoms with Crippen LogP contribution in [0.3, 0.4) is 0 Å². The fourth-order valence-electron chi connectivity index (χ4n) is 2.99. The highest BCUT2D eigenvalue weighted by molar-refractivity contribution is 5.96. The Morgan fingerprint density at radius 2 is 1.78 bits per heavy atom. The Kier molecular flexibility index (Phi) is 11.1. The summed E-state index contributed by atoms with van der Waals surface area (Å²) >= 11 is 0. The smallest absolute Gasteiger partial charge is 0.306 e. The van der Waals surface area contributed by atoms with E-state index in [4.69, 9.17) is 4.74 Å². The van der Waals surface area contributed by atoms with E-state index in [2.05, 4.69) is 19.9 Å². The first-order valence-corrected chi connectivity index (χ1v) is 10.1. The summed E-state index contributed by atoms with van der Waals surface area (Å²) in [5, 5.41) is 0. The first-order chi connectivity index (χ1) is 13.0. The molecule has 1 atom stereocenters. The van der Waals surface area contributed by atoms with Gasteiger partial charge in [0.05, 0.1) is 13.0 Å². The molecule has 0 bridgehead atoms. The number of rotatable bonds is 12. The van der Waals surface area contributed by atoms with Crippen molar-refractivity contribution >= 4 is 11.8 Å². The molecule has 0 radical (unpaired) electrons. The van der Waals surface area contributed by atoms with Crippen molar-refractivity contribution in [1.82, 2.24) is 0 Å². The molecule has 0 spiro atoms. The van der Waals surface area contributed by atoms with E-state index in [1.807, 2.05) is 50.3 Å². The molecule has 1 aromatic rings. The predicted octanol–water partition coefficient (Wildman–Crippen LogP) is 6.22. The third-order valence-electron chi connectivity index (χ3n) is 4.50. The predicted molar refractivity (Wildman–Crippen MR) is 112 cm³/mol. The molecule has 1 unspecified atom stereocenters. The van der Waals surface area contributed by atoms with Crippen LogP contribution >= 0.6 is 0 Å². The summed E-state index contributed by atoms with van der Waals surface area (Å²) in [5.41, 5.74) is 2.85. The van der Waals surface area contributed by atoms with Crippen LogP contribution in [0.2, 0.25) is 0 Å². The fourth-order valence-corrected chi connectivity index (χ4v) is 2.99. The molecule has 0 aliphatic carbocycles. The number of ketones is 1. The molecule has 0 aromatic heterocycles. The van der Waals surface area contributed by atoms with Crippen molar-refractivity contribution in [1.29, 1.82) is 0 Å². The van der Waals surface area contributed by atoms with Crippen molar-refractivity contribution in [3.05, 3.63) is 59.2 Å². The SMILES string of the molecule is CC=CC(=CCC)C(CC(=O)OCCCCC)CC(=O)c1ccc(C)cc1. The summed E-state index contributed by atoms with van der Waals surface area (Å²) in [7, 11) is 0. The van der Waals surface area contributed by atoms with Gasteiger partial charge in [-0.2, -0.15) is 0 Å².